The van der Waals surface area contributed by atoms with E-state index in [1.807, 2.05) is 18.3 Å². The lowest BCUT2D eigenvalue weighted by atomic mass is 10.2. The number of hydrogen-bond donors (Lipinski definition) is 2. The second-order valence-electron chi connectivity index (χ2n) is 5.82. The van der Waals surface area contributed by atoms with Gasteiger partial charge < -0.3 is 20.9 Å². The number of pyridine rings is 1. The van der Waals surface area contributed by atoms with Gasteiger partial charge in [0, 0.05) is 38.9 Å². The van der Waals surface area contributed by atoms with Crippen molar-refractivity contribution in [2.24, 2.45) is 5.73 Å². The molecule has 3 N–H and O–H groups in total. The van der Waals surface area contributed by atoms with Gasteiger partial charge in [0.1, 0.15) is 17.3 Å². The number of nitrogens with zero attached hydrogens (tertiary/aromatic N) is 5. The Morgan fingerprint density at radius 1 is 1.21 bits per heavy atom. The number of likely N-dealkylation sites (N-methyl/N-ethyl adjacent to an activating group) is 1. The van der Waals surface area contributed by atoms with Crippen LogP contribution in [0.3, 0.4) is 0 Å². The summed E-state index contributed by atoms with van der Waals surface area (Å²) in [4.78, 5) is 28.3. The molecule has 0 saturated carbocycles. The van der Waals surface area contributed by atoms with Crippen LogP contribution in [0.4, 0.5) is 11.6 Å². The molecule has 24 heavy (non-hydrogen) atoms. The molecule has 126 valence electrons. The second kappa shape index (κ2) is 7.22. The molecule has 0 unspecified atom stereocenters. The number of nitrogens with two attached hydrogens (primary N) is 1. The highest BCUT2D eigenvalue weighted by atomic mass is 16.1. The number of nitrogens with one attached hydrogen (secondary N) is 1. The van der Waals surface area contributed by atoms with Crippen molar-refractivity contribution in [3.8, 4) is 0 Å². The number of primary amides is 1. The first-order valence-corrected chi connectivity index (χ1v) is 7.86. The molecular formula is C16H21N7O. The SMILES string of the molecule is CN1CCN(c2ccc(CNc3cncc(C(N)=O)n3)cn2)CC1. The quantitative estimate of drug-likeness (QED) is 0.816. The first kappa shape index (κ1) is 16.1. The van der Waals surface area contributed by atoms with Gasteiger partial charge in [0.05, 0.1) is 12.4 Å². The molecule has 0 radical (unpaired) electrons. The van der Waals surface area contributed by atoms with Crippen molar-refractivity contribution in [1.29, 1.82) is 0 Å². The zero-order valence-corrected chi connectivity index (χ0v) is 13.6. The van der Waals surface area contributed by atoms with E-state index >= 15 is 0 Å². The van der Waals surface area contributed by atoms with Crippen molar-refractivity contribution in [3.05, 3.63) is 42.0 Å². The third kappa shape index (κ3) is 3.96. The van der Waals surface area contributed by atoms with Gasteiger partial charge in [0.15, 0.2) is 0 Å². The molecule has 1 aliphatic rings. The number of piperazine rings is 1. The lowest BCUT2D eigenvalue weighted by Crippen LogP contribution is -2.44. The lowest BCUT2D eigenvalue weighted by Gasteiger charge is -2.33. The Balaban J connectivity index is 1.58. The molecule has 1 amide bonds. The summed E-state index contributed by atoms with van der Waals surface area (Å²) in [6.45, 7) is 4.65. The van der Waals surface area contributed by atoms with E-state index in [4.69, 9.17) is 5.73 Å². The van der Waals surface area contributed by atoms with Crippen LogP contribution in [0.1, 0.15) is 16.1 Å². The third-order valence-corrected chi connectivity index (χ3v) is 4.00. The van der Waals surface area contributed by atoms with Gasteiger partial charge >= 0.3 is 0 Å². The van der Waals surface area contributed by atoms with Gasteiger partial charge in [-0.15, -0.1) is 0 Å². The third-order valence-electron chi connectivity index (χ3n) is 4.00. The topological polar surface area (TPSA) is 100 Å². The summed E-state index contributed by atoms with van der Waals surface area (Å²) in [7, 11) is 2.13. The molecule has 0 aliphatic carbocycles. The smallest absolute Gasteiger partial charge is 0.268 e. The summed E-state index contributed by atoms with van der Waals surface area (Å²) in [6.07, 6.45) is 4.75. The monoisotopic (exact) mass is 327 g/mol. The predicted molar refractivity (Wildman–Crippen MR) is 91.8 cm³/mol. The van der Waals surface area contributed by atoms with Gasteiger partial charge in [-0.3, -0.25) is 9.78 Å². The Morgan fingerprint density at radius 3 is 2.67 bits per heavy atom. The molecule has 8 nitrogen and oxygen atoms in total. The molecule has 0 bridgehead atoms. The van der Waals surface area contributed by atoms with E-state index in [-0.39, 0.29) is 5.69 Å². The molecule has 0 aromatic carbocycles. The van der Waals surface area contributed by atoms with Gasteiger partial charge in [-0.2, -0.15) is 0 Å². The highest BCUT2D eigenvalue weighted by Gasteiger charge is 2.14. The number of amides is 1. The first-order chi connectivity index (χ1) is 11.6. The van der Waals surface area contributed by atoms with Crippen LogP contribution >= 0.6 is 0 Å². The molecule has 3 heterocycles. The number of carbonyl (C=O) groups excluding carboxylic acids is 1. The number of anilines is 2. The maximum atomic E-state index is 11.1. The Morgan fingerprint density at radius 2 is 2.00 bits per heavy atom. The minimum absolute atomic E-state index is 0.142. The molecule has 8 heteroatoms. The van der Waals surface area contributed by atoms with Crippen molar-refractivity contribution in [2.45, 2.75) is 6.54 Å². The standard InChI is InChI=1S/C16H21N7O/c1-22-4-6-23(7-5-22)15-3-2-12(9-20-15)8-19-14-11-18-10-13(21-14)16(17)24/h2-3,9-11H,4-8H2,1H3,(H2,17,24)(H,19,21). The molecule has 1 saturated heterocycles. The summed E-state index contributed by atoms with van der Waals surface area (Å²) < 4.78 is 0. The summed E-state index contributed by atoms with van der Waals surface area (Å²) in [5.74, 6) is 0.918. The minimum atomic E-state index is -0.593. The van der Waals surface area contributed by atoms with Crippen LogP contribution in [0, 0.1) is 0 Å². The second-order valence-corrected chi connectivity index (χ2v) is 5.82. The van der Waals surface area contributed by atoms with E-state index < -0.39 is 5.91 Å². The van der Waals surface area contributed by atoms with Crippen LogP contribution in [-0.2, 0) is 6.54 Å². The Kier molecular flexibility index (Phi) is 4.85. The van der Waals surface area contributed by atoms with Crippen molar-refractivity contribution in [1.82, 2.24) is 19.9 Å². The fourth-order valence-electron chi connectivity index (χ4n) is 2.51. The van der Waals surface area contributed by atoms with E-state index in [1.54, 1.807) is 6.20 Å². The summed E-state index contributed by atoms with van der Waals surface area (Å²) >= 11 is 0. The average molecular weight is 327 g/mol. The Labute approximate surface area is 140 Å². The summed E-state index contributed by atoms with van der Waals surface area (Å²) in [6, 6.07) is 4.08. The predicted octanol–water partition coefficient (Wildman–Crippen LogP) is 0.334. The first-order valence-electron chi connectivity index (χ1n) is 7.86. The van der Waals surface area contributed by atoms with E-state index in [9.17, 15) is 4.79 Å². The maximum Gasteiger partial charge on any atom is 0.268 e. The molecule has 3 rings (SSSR count). The number of rotatable bonds is 5. The highest BCUT2D eigenvalue weighted by Crippen LogP contribution is 2.14. The molecule has 0 atom stereocenters. The number of aromatic nitrogens is 3. The van der Waals surface area contributed by atoms with Crippen molar-refractivity contribution in [2.75, 3.05) is 43.4 Å². The fraction of sp³-hybridized carbons (Fsp3) is 0.375. The van der Waals surface area contributed by atoms with Crippen LogP contribution in [0.5, 0.6) is 0 Å². The van der Waals surface area contributed by atoms with Gasteiger partial charge in [0.2, 0.25) is 0 Å². The van der Waals surface area contributed by atoms with Crippen LogP contribution in [0.2, 0.25) is 0 Å². The number of hydrogen-bond acceptors (Lipinski definition) is 7. The molecule has 2 aromatic rings. The van der Waals surface area contributed by atoms with E-state index in [0.29, 0.717) is 12.4 Å². The Hall–Kier alpha value is -2.74. The fourth-order valence-corrected chi connectivity index (χ4v) is 2.51. The van der Waals surface area contributed by atoms with E-state index in [1.165, 1.54) is 6.20 Å². The van der Waals surface area contributed by atoms with E-state index in [2.05, 4.69) is 37.1 Å². The van der Waals surface area contributed by atoms with Gasteiger partial charge in [-0.05, 0) is 18.7 Å². The zero-order chi connectivity index (χ0) is 16.9. The largest absolute Gasteiger partial charge is 0.365 e. The summed E-state index contributed by atoms with van der Waals surface area (Å²) in [5, 5.41) is 3.12. The van der Waals surface area contributed by atoms with Gasteiger partial charge in [0.25, 0.3) is 5.91 Å². The zero-order valence-electron chi connectivity index (χ0n) is 13.6. The lowest BCUT2D eigenvalue weighted by molar-refractivity contribution is 0.0995. The highest BCUT2D eigenvalue weighted by molar-refractivity contribution is 5.90. The van der Waals surface area contributed by atoms with Crippen LogP contribution in [-0.4, -0.2) is 59.0 Å². The normalized spacial score (nSPS) is 15.3. The van der Waals surface area contributed by atoms with Gasteiger partial charge in [-0.1, -0.05) is 6.07 Å². The molecule has 2 aromatic heterocycles. The average Bonchev–Trinajstić information content (AvgIpc) is 2.61. The van der Waals surface area contributed by atoms with Crippen molar-refractivity contribution < 1.29 is 4.79 Å². The Bertz CT molecular complexity index is 696. The maximum absolute atomic E-state index is 11.1. The molecule has 0 spiro atoms. The molecule has 1 aliphatic heterocycles. The molecular weight excluding hydrogens is 306 g/mol. The summed E-state index contributed by atoms with van der Waals surface area (Å²) in [5.41, 5.74) is 6.37. The number of carbonyl (C=O) groups is 1. The van der Waals surface area contributed by atoms with Crippen LogP contribution < -0.4 is 16.0 Å². The molecule has 1 fully saturated rings. The van der Waals surface area contributed by atoms with Crippen molar-refractivity contribution >= 4 is 17.5 Å². The minimum Gasteiger partial charge on any atom is -0.365 e. The van der Waals surface area contributed by atoms with Gasteiger partial charge in [-0.25, -0.2) is 9.97 Å². The van der Waals surface area contributed by atoms with Crippen molar-refractivity contribution in [3.63, 3.8) is 0 Å². The van der Waals surface area contributed by atoms with Crippen LogP contribution in [0.25, 0.3) is 0 Å². The van der Waals surface area contributed by atoms with Crippen LogP contribution in [0.15, 0.2) is 30.7 Å². The van der Waals surface area contributed by atoms with E-state index in [0.717, 1.165) is 37.6 Å².